The summed E-state index contributed by atoms with van der Waals surface area (Å²) in [5.41, 5.74) is 0.700. The fraction of sp³-hybridized carbons (Fsp3) is 0.273. The van der Waals surface area contributed by atoms with Crippen molar-refractivity contribution in [1.82, 2.24) is 4.31 Å². The van der Waals surface area contributed by atoms with Crippen LogP contribution in [0.4, 0.5) is 0 Å². The maximum atomic E-state index is 11.9. The van der Waals surface area contributed by atoms with Gasteiger partial charge in [0.2, 0.25) is 0 Å². The first-order valence-corrected chi connectivity index (χ1v) is 5.50. The Balaban J connectivity index is 3.01. The zero-order valence-corrected chi connectivity index (χ0v) is 9.17. The molecule has 1 atom stereocenters. The minimum Gasteiger partial charge on any atom is -0.593 e. The van der Waals surface area contributed by atoms with Gasteiger partial charge in [-0.3, -0.25) is 0 Å². The molecule has 0 amide bonds. The molecule has 0 radical (unpaired) electrons. The normalized spacial score (nSPS) is 12.5. The van der Waals surface area contributed by atoms with E-state index >= 15 is 0 Å². The van der Waals surface area contributed by atoms with Crippen LogP contribution in [0.2, 0.25) is 0 Å². The summed E-state index contributed by atoms with van der Waals surface area (Å²) in [6, 6.07) is 7.30. The first-order chi connectivity index (χ1) is 6.70. The predicted molar refractivity (Wildman–Crippen MR) is 59.1 cm³/mol. The highest BCUT2D eigenvalue weighted by Gasteiger charge is 2.19. The molecule has 0 aliphatic heterocycles. The molecule has 0 bridgehead atoms. The Labute approximate surface area is 88.2 Å². The molecule has 2 nitrogen and oxygen atoms in total. The Morgan fingerprint density at radius 1 is 1.50 bits per heavy atom. The second kappa shape index (κ2) is 5.06. The number of hydrogen-bond acceptors (Lipinski definition) is 2. The lowest BCUT2D eigenvalue weighted by Gasteiger charge is -2.18. The summed E-state index contributed by atoms with van der Waals surface area (Å²) in [7, 11) is 1.81. The lowest BCUT2D eigenvalue weighted by atomic mass is 10.2. The fourth-order valence-electron chi connectivity index (χ4n) is 1.02. The van der Waals surface area contributed by atoms with Gasteiger partial charge < -0.3 is 4.55 Å². The van der Waals surface area contributed by atoms with Gasteiger partial charge in [0.1, 0.15) is 0 Å². The Morgan fingerprint density at radius 3 is 2.71 bits per heavy atom. The van der Waals surface area contributed by atoms with Crippen molar-refractivity contribution in [1.29, 1.82) is 0 Å². The third-order valence-corrected chi connectivity index (χ3v) is 3.52. The molecule has 0 spiro atoms. The molecule has 1 unspecified atom stereocenters. The van der Waals surface area contributed by atoms with Gasteiger partial charge in [0.05, 0.1) is 16.9 Å². The molecule has 0 heterocycles. The largest absolute Gasteiger partial charge is 0.593 e. The molecule has 0 N–H and O–H groups in total. The van der Waals surface area contributed by atoms with Gasteiger partial charge in [0.15, 0.2) is 4.90 Å². The van der Waals surface area contributed by atoms with Gasteiger partial charge in [-0.1, -0.05) is 18.1 Å². The van der Waals surface area contributed by atoms with Crippen LogP contribution in [0, 0.1) is 12.3 Å². The molecule has 0 aliphatic carbocycles. The monoisotopic (exact) mass is 207 g/mol. The van der Waals surface area contributed by atoms with E-state index in [9.17, 15) is 4.55 Å². The highest BCUT2D eigenvalue weighted by atomic mass is 32.2. The second-order valence-corrected chi connectivity index (χ2v) is 4.40. The minimum absolute atomic E-state index is 0.700. The van der Waals surface area contributed by atoms with Crippen LogP contribution in [0.25, 0.3) is 0 Å². The Hall–Kier alpha value is -0.950. The van der Waals surface area contributed by atoms with E-state index in [1.54, 1.807) is 16.4 Å². The van der Waals surface area contributed by atoms with Crippen LogP contribution in [-0.2, 0) is 11.4 Å². The average molecular weight is 207 g/mol. The number of hydrogen-bond donors (Lipinski definition) is 0. The molecule has 0 aromatic heterocycles. The van der Waals surface area contributed by atoms with Gasteiger partial charge in [-0.05, 0) is 19.1 Å². The maximum absolute atomic E-state index is 11.9. The first kappa shape index (κ1) is 11.1. The van der Waals surface area contributed by atoms with Crippen LogP contribution >= 0.6 is 0 Å². The van der Waals surface area contributed by atoms with Gasteiger partial charge >= 0.3 is 0 Å². The van der Waals surface area contributed by atoms with Crippen LogP contribution < -0.4 is 0 Å². The topological polar surface area (TPSA) is 26.3 Å². The Kier molecular flexibility index (Phi) is 4.02. The van der Waals surface area contributed by atoms with E-state index < -0.39 is 11.4 Å². The first-order valence-electron chi connectivity index (χ1n) is 4.39. The maximum Gasteiger partial charge on any atom is 0.189 e. The third kappa shape index (κ3) is 2.30. The highest BCUT2D eigenvalue weighted by Crippen LogP contribution is 2.17. The summed E-state index contributed by atoms with van der Waals surface area (Å²) in [4.78, 5) is 0.708. The van der Waals surface area contributed by atoms with E-state index in [0.29, 0.717) is 10.5 Å². The molecule has 0 aliphatic rings. The van der Waals surface area contributed by atoms with E-state index in [1.807, 2.05) is 26.1 Å². The Bertz CT molecular complexity index is 345. The summed E-state index contributed by atoms with van der Waals surface area (Å²) in [6.45, 7) is 2.68. The van der Waals surface area contributed by atoms with Gasteiger partial charge in [-0.2, -0.15) is 0 Å². The molecular formula is C11H13NOS. The quantitative estimate of drug-likeness (QED) is 0.556. The molecule has 1 aromatic carbocycles. The summed E-state index contributed by atoms with van der Waals surface area (Å²) in [5, 5.41) is 0. The molecule has 14 heavy (non-hydrogen) atoms. The molecule has 1 rings (SSSR count). The lowest BCUT2D eigenvalue weighted by Crippen LogP contribution is -2.27. The van der Waals surface area contributed by atoms with Crippen LogP contribution in [0.1, 0.15) is 12.5 Å². The minimum atomic E-state index is -1.15. The van der Waals surface area contributed by atoms with Gasteiger partial charge in [-0.25, -0.2) is 0 Å². The number of terminal acetylenes is 1. The summed E-state index contributed by atoms with van der Waals surface area (Å²) in [6.07, 6.45) is 5.33. The molecule has 3 heteroatoms. The Morgan fingerprint density at radius 2 is 2.14 bits per heavy atom. The molecular weight excluding hydrogens is 194 g/mol. The second-order valence-electron chi connectivity index (χ2n) is 2.83. The molecule has 0 fully saturated rings. The van der Waals surface area contributed by atoms with Crippen molar-refractivity contribution in [3.63, 3.8) is 0 Å². The molecule has 0 saturated carbocycles. The van der Waals surface area contributed by atoms with Gasteiger partial charge in [-0.15, -0.1) is 10.7 Å². The van der Waals surface area contributed by atoms with Crippen LogP contribution in [0.5, 0.6) is 0 Å². The van der Waals surface area contributed by atoms with Crippen molar-refractivity contribution in [3.8, 4) is 12.3 Å². The highest BCUT2D eigenvalue weighted by molar-refractivity contribution is 7.89. The van der Waals surface area contributed by atoms with Gasteiger partial charge in [0, 0.05) is 13.6 Å². The van der Waals surface area contributed by atoms with E-state index in [-0.39, 0.29) is 0 Å². The van der Waals surface area contributed by atoms with E-state index in [1.165, 1.54) is 0 Å². The fourth-order valence-corrected chi connectivity index (χ4v) is 2.10. The van der Waals surface area contributed by atoms with Crippen molar-refractivity contribution in [2.45, 2.75) is 11.8 Å². The third-order valence-electron chi connectivity index (χ3n) is 1.96. The predicted octanol–water partition coefficient (Wildman–Crippen LogP) is 1.64. The molecule has 1 aromatic rings. The standard InChI is InChI=1S/C11H13NOS/c1-4-10-8-6-7-9-11(10)14(13)12(3)5-2/h1,6-9H,5H2,2-3H3. The van der Waals surface area contributed by atoms with E-state index in [4.69, 9.17) is 6.42 Å². The van der Waals surface area contributed by atoms with Crippen molar-refractivity contribution in [3.05, 3.63) is 29.8 Å². The SMILES string of the molecule is C#Cc1ccccc1[S+]([O-])N(C)CC. The summed E-state index contributed by atoms with van der Waals surface area (Å²) in [5.74, 6) is 2.54. The van der Waals surface area contributed by atoms with Crippen LogP contribution in [0.15, 0.2) is 29.2 Å². The smallest absolute Gasteiger partial charge is 0.189 e. The number of nitrogens with zero attached hydrogens (tertiary/aromatic N) is 1. The summed E-state index contributed by atoms with van der Waals surface area (Å²) < 4.78 is 13.6. The van der Waals surface area contributed by atoms with Gasteiger partial charge in [0.25, 0.3) is 0 Å². The zero-order valence-electron chi connectivity index (χ0n) is 8.36. The van der Waals surface area contributed by atoms with Crippen molar-refractivity contribution < 1.29 is 4.55 Å². The van der Waals surface area contributed by atoms with Crippen molar-refractivity contribution in [2.75, 3.05) is 13.6 Å². The average Bonchev–Trinajstić information content (AvgIpc) is 2.26. The van der Waals surface area contributed by atoms with E-state index in [0.717, 1.165) is 6.54 Å². The number of benzene rings is 1. The van der Waals surface area contributed by atoms with E-state index in [2.05, 4.69) is 5.92 Å². The zero-order chi connectivity index (χ0) is 10.6. The van der Waals surface area contributed by atoms with Crippen molar-refractivity contribution in [2.24, 2.45) is 0 Å². The lowest BCUT2D eigenvalue weighted by molar-refractivity contribution is 0.485. The van der Waals surface area contributed by atoms with Crippen molar-refractivity contribution >= 4 is 11.4 Å². The van der Waals surface area contributed by atoms with Crippen LogP contribution in [-0.4, -0.2) is 22.5 Å². The molecule has 74 valence electrons. The summed E-state index contributed by atoms with van der Waals surface area (Å²) >= 11 is -1.15. The molecule has 0 saturated heterocycles. The number of rotatable bonds is 3. The van der Waals surface area contributed by atoms with Crippen LogP contribution in [0.3, 0.4) is 0 Å².